The molecule has 1 aromatic carbocycles. The lowest BCUT2D eigenvalue weighted by Crippen LogP contribution is -2.17. The van der Waals surface area contributed by atoms with Gasteiger partial charge in [-0.05, 0) is 43.2 Å². The third-order valence-electron chi connectivity index (χ3n) is 3.40. The minimum absolute atomic E-state index is 0.199. The summed E-state index contributed by atoms with van der Waals surface area (Å²) in [6.45, 7) is 2.89. The standard InChI is InChI=1S/C17H16FN3S/c1-13-12-22-17(20-16-3-2-9-19-11-16)21(13)10-8-14-4-6-15(18)7-5-14/h2-7,9,11-12H,8,10H2,1H3. The number of aryl methyl sites for hydroxylation is 2. The summed E-state index contributed by atoms with van der Waals surface area (Å²) < 4.78 is 15.1. The van der Waals surface area contributed by atoms with Crippen molar-refractivity contribution in [1.82, 2.24) is 9.55 Å². The molecular weight excluding hydrogens is 297 g/mol. The van der Waals surface area contributed by atoms with Gasteiger partial charge in [-0.1, -0.05) is 12.1 Å². The molecule has 0 aliphatic heterocycles. The summed E-state index contributed by atoms with van der Waals surface area (Å²) in [5, 5.41) is 2.10. The van der Waals surface area contributed by atoms with Gasteiger partial charge in [-0.2, -0.15) is 0 Å². The summed E-state index contributed by atoms with van der Waals surface area (Å²) in [7, 11) is 0. The van der Waals surface area contributed by atoms with Gasteiger partial charge >= 0.3 is 0 Å². The van der Waals surface area contributed by atoms with Crippen molar-refractivity contribution < 1.29 is 4.39 Å². The second-order valence-electron chi connectivity index (χ2n) is 5.01. The van der Waals surface area contributed by atoms with Crippen molar-refractivity contribution in [3.8, 4) is 0 Å². The quantitative estimate of drug-likeness (QED) is 0.719. The van der Waals surface area contributed by atoms with Gasteiger partial charge in [0.05, 0.1) is 11.9 Å². The lowest BCUT2D eigenvalue weighted by molar-refractivity contribution is 0.624. The lowest BCUT2D eigenvalue weighted by Gasteiger charge is -2.06. The van der Waals surface area contributed by atoms with Crippen LogP contribution in [0.25, 0.3) is 0 Å². The molecule has 3 nitrogen and oxygen atoms in total. The van der Waals surface area contributed by atoms with E-state index < -0.39 is 0 Å². The molecule has 0 N–H and O–H groups in total. The Morgan fingerprint density at radius 2 is 2.05 bits per heavy atom. The number of aromatic nitrogens is 2. The molecule has 0 aliphatic carbocycles. The summed E-state index contributed by atoms with van der Waals surface area (Å²) in [4.78, 5) is 9.68. The first-order valence-electron chi connectivity index (χ1n) is 7.06. The molecule has 0 unspecified atom stereocenters. The summed E-state index contributed by atoms with van der Waals surface area (Å²) >= 11 is 1.62. The highest BCUT2D eigenvalue weighted by atomic mass is 32.1. The Hall–Kier alpha value is -2.27. The van der Waals surface area contributed by atoms with Gasteiger partial charge in [0.25, 0.3) is 0 Å². The van der Waals surface area contributed by atoms with Crippen molar-refractivity contribution in [3.63, 3.8) is 0 Å². The normalized spacial score (nSPS) is 11.8. The van der Waals surface area contributed by atoms with Gasteiger partial charge in [0.1, 0.15) is 5.82 Å². The highest BCUT2D eigenvalue weighted by Crippen LogP contribution is 2.10. The van der Waals surface area contributed by atoms with E-state index in [2.05, 4.69) is 26.8 Å². The van der Waals surface area contributed by atoms with Gasteiger partial charge in [-0.3, -0.25) is 4.98 Å². The van der Waals surface area contributed by atoms with Crippen molar-refractivity contribution in [1.29, 1.82) is 0 Å². The monoisotopic (exact) mass is 313 g/mol. The third kappa shape index (κ3) is 3.49. The number of thiazole rings is 1. The second-order valence-corrected chi connectivity index (χ2v) is 5.85. The summed E-state index contributed by atoms with van der Waals surface area (Å²) in [6, 6.07) is 10.5. The Balaban J connectivity index is 1.83. The molecule has 0 spiro atoms. The molecule has 22 heavy (non-hydrogen) atoms. The van der Waals surface area contributed by atoms with Gasteiger partial charge in [-0.15, -0.1) is 11.3 Å². The molecule has 0 radical (unpaired) electrons. The number of benzene rings is 1. The maximum atomic E-state index is 12.9. The van der Waals surface area contributed by atoms with Crippen molar-refractivity contribution in [2.24, 2.45) is 4.99 Å². The molecule has 2 heterocycles. The van der Waals surface area contributed by atoms with E-state index >= 15 is 0 Å². The molecule has 0 aliphatic rings. The molecule has 0 saturated heterocycles. The fourth-order valence-electron chi connectivity index (χ4n) is 2.20. The van der Waals surface area contributed by atoms with Crippen LogP contribution in [0.4, 0.5) is 10.1 Å². The Morgan fingerprint density at radius 3 is 2.77 bits per heavy atom. The highest BCUT2D eigenvalue weighted by Gasteiger charge is 2.03. The summed E-state index contributed by atoms with van der Waals surface area (Å²) in [6.07, 6.45) is 4.33. The van der Waals surface area contributed by atoms with E-state index in [1.807, 2.05) is 24.3 Å². The highest BCUT2D eigenvalue weighted by molar-refractivity contribution is 7.07. The zero-order valence-electron chi connectivity index (χ0n) is 12.2. The second kappa shape index (κ2) is 6.66. The predicted molar refractivity (Wildman–Crippen MR) is 86.6 cm³/mol. The van der Waals surface area contributed by atoms with E-state index in [1.165, 1.54) is 17.8 Å². The average Bonchev–Trinajstić information content (AvgIpc) is 2.88. The molecule has 0 bridgehead atoms. The molecule has 3 rings (SSSR count). The molecule has 5 heteroatoms. The number of pyridine rings is 1. The largest absolute Gasteiger partial charge is 0.321 e. The van der Waals surface area contributed by atoms with Crippen LogP contribution in [-0.2, 0) is 13.0 Å². The molecule has 3 aromatic rings. The molecule has 0 fully saturated rings. The van der Waals surface area contributed by atoms with E-state index in [9.17, 15) is 4.39 Å². The van der Waals surface area contributed by atoms with E-state index in [1.54, 1.807) is 23.7 Å². The topological polar surface area (TPSA) is 30.2 Å². The summed E-state index contributed by atoms with van der Waals surface area (Å²) in [5.74, 6) is -0.199. The van der Waals surface area contributed by atoms with Crippen LogP contribution in [0.2, 0.25) is 0 Å². The minimum atomic E-state index is -0.199. The van der Waals surface area contributed by atoms with Crippen LogP contribution in [0.15, 0.2) is 59.2 Å². The van der Waals surface area contributed by atoms with Crippen LogP contribution in [0.3, 0.4) is 0 Å². The van der Waals surface area contributed by atoms with Crippen molar-refractivity contribution in [3.05, 3.63) is 76.0 Å². The zero-order chi connectivity index (χ0) is 15.4. The number of rotatable bonds is 4. The van der Waals surface area contributed by atoms with E-state index in [4.69, 9.17) is 0 Å². The average molecular weight is 313 g/mol. The smallest absolute Gasteiger partial charge is 0.190 e. The number of halogens is 1. The maximum Gasteiger partial charge on any atom is 0.190 e. The Kier molecular flexibility index (Phi) is 4.44. The van der Waals surface area contributed by atoms with E-state index in [-0.39, 0.29) is 5.82 Å². The van der Waals surface area contributed by atoms with Crippen LogP contribution in [-0.4, -0.2) is 9.55 Å². The van der Waals surface area contributed by atoms with Crippen molar-refractivity contribution in [2.75, 3.05) is 0 Å². The predicted octanol–water partition coefficient (Wildman–Crippen LogP) is 3.87. The first kappa shape index (κ1) is 14.7. The van der Waals surface area contributed by atoms with Crippen LogP contribution in [0, 0.1) is 12.7 Å². The molecule has 0 amide bonds. The first-order chi connectivity index (χ1) is 10.7. The Labute approximate surface area is 132 Å². The fourth-order valence-corrected chi connectivity index (χ4v) is 3.12. The van der Waals surface area contributed by atoms with Gasteiger partial charge in [0.15, 0.2) is 4.80 Å². The van der Waals surface area contributed by atoms with Crippen LogP contribution in [0.1, 0.15) is 11.3 Å². The van der Waals surface area contributed by atoms with Crippen molar-refractivity contribution >= 4 is 17.0 Å². The fraction of sp³-hybridized carbons (Fsp3) is 0.176. The maximum absolute atomic E-state index is 12.9. The number of nitrogens with zero attached hydrogens (tertiary/aromatic N) is 3. The van der Waals surface area contributed by atoms with Crippen molar-refractivity contribution in [2.45, 2.75) is 19.9 Å². The van der Waals surface area contributed by atoms with Gasteiger partial charge in [-0.25, -0.2) is 9.38 Å². The number of hydrogen-bond donors (Lipinski definition) is 0. The first-order valence-corrected chi connectivity index (χ1v) is 7.94. The van der Waals surface area contributed by atoms with Gasteiger partial charge in [0, 0.05) is 23.8 Å². The van der Waals surface area contributed by atoms with Gasteiger partial charge in [0.2, 0.25) is 0 Å². The number of hydrogen-bond acceptors (Lipinski definition) is 3. The minimum Gasteiger partial charge on any atom is -0.321 e. The molecule has 0 saturated carbocycles. The van der Waals surface area contributed by atoms with E-state index in [0.29, 0.717) is 0 Å². The van der Waals surface area contributed by atoms with Crippen LogP contribution >= 0.6 is 11.3 Å². The third-order valence-corrected chi connectivity index (χ3v) is 4.38. The van der Waals surface area contributed by atoms with Gasteiger partial charge < -0.3 is 4.57 Å². The SMILES string of the molecule is Cc1csc(=Nc2cccnc2)n1CCc1ccc(F)cc1. The zero-order valence-corrected chi connectivity index (χ0v) is 13.1. The summed E-state index contributed by atoms with van der Waals surface area (Å²) in [5.41, 5.74) is 3.14. The lowest BCUT2D eigenvalue weighted by atomic mass is 10.1. The molecule has 0 atom stereocenters. The van der Waals surface area contributed by atoms with Crippen LogP contribution < -0.4 is 4.80 Å². The molecule has 2 aromatic heterocycles. The molecule has 112 valence electrons. The Bertz CT molecular complexity index is 804. The van der Waals surface area contributed by atoms with E-state index in [0.717, 1.165) is 29.0 Å². The van der Waals surface area contributed by atoms with Crippen LogP contribution in [0.5, 0.6) is 0 Å². The molecular formula is C17H16FN3S. The Morgan fingerprint density at radius 1 is 1.23 bits per heavy atom.